The van der Waals surface area contributed by atoms with Gasteiger partial charge in [0, 0.05) is 18.9 Å². The van der Waals surface area contributed by atoms with E-state index in [1.54, 1.807) is 30.6 Å². The number of carboxylic acids is 1. The number of sulfonamides is 1. The summed E-state index contributed by atoms with van der Waals surface area (Å²) in [6.07, 6.45) is 5.21. The van der Waals surface area contributed by atoms with Crippen molar-refractivity contribution in [2.75, 3.05) is 7.11 Å². The summed E-state index contributed by atoms with van der Waals surface area (Å²) in [5, 5.41) is 10.5. The van der Waals surface area contributed by atoms with Crippen molar-refractivity contribution in [3.63, 3.8) is 0 Å². The Morgan fingerprint density at radius 1 is 1.38 bits per heavy atom. The number of pyridine rings is 1. The minimum Gasteiger partial charge on any atom is -0.545 e. The zero-order chi connectivity index (χ0) is 17.6. The van der Waals surface area contributed by atoms with Crippen LogP contribution in [0.25, 0.3) is 6.08 Å². The lowest BCUT2D eigenvalue weighted by atomic mass is 10.2. The Labute approximate surface area is 139 Å². The van der Waals surface area contributed by atoms with E-state index in [-0.39, 0.29) is 17.2 Å². The molecule has 0 aliphatic carbocycles. The van der Waals surface area contributed by atoms with Crippen LogP contribution in [0.5, 0.6) is 5.75 Å². The van der Waals surface area contributed by atoms with Crippen LogP contribution in [-0.4, -0.2) is 26.5 Å². The van der Waals surface area contributed by atoms with E-state index in [9.17, 15) is 18.3 Å². The van der Waals surface area contributed by atoms with Crippen molar-refractivity contribution in [2.45, 2.75) is 11.4 Å². The summed E-state index contributed by atoms with van der Waals surface area (Å²) in [5.41, 5.74) is 1.09. The monoisotopic (exact) mass is 347 g/mol. The largest absolute Gasteiger partial charge is 0.545 e. The molecule has 0 bridgehead atoms. The molecule has 2 aromatic rings. The molecule has 0 saturated heterocycles. The predicted molar refractivity (Wildman–Crippen MR) is 85.3 cm³/mol. The third kappa shape index (κ3) is 4.64. The molecule has 0 spiro atoms. The molecule has 2 rings (SSSR count). The summed E-state index contributed by atoms with van der Waals surface area (Å²) in [4.78, 5) is 14.3. The molecule has 7 nitrogen and oxygen atoms in total. The van der Waals surface area contributed by atoms with Gasteiger partial charge in [0.05, 0.1) is 13.1 Å². The van der Waals surface area contributed by atoms with Gasteiger partial charge >= 0.3 is 0 Å². The second-order valence-electron chi connectivity index (χ2n) is 4.75. The second-order valence-corrected chi connectivity index (χ2v) is 6.48. The van der Waals surface area contributed by atoms with Crippen molar-refractivity contribution >= 4 is 22.1 Å². The fourth-order valence-corrected chi connectivity index (χ4v) is 3.15. The average Bonchev–Trinajstić information content (AvgIpc) is 2.59. The third-order valence-electron chi connectivity index (χ3n) is 3.08. The molecule has 1 aromatic heterocycles. The van der Waals surface area contributed by atoms with Crippen LogP contribution in [0.3, 0.4) is 0 Å². The number of benzene rings is 1. The fraction of sp³-hybridized carbons (Fsp3) is 0.125. The van der Waals surface area contributed by atoms with Gasteiger partial charge in [-0.1, -0.05) is 18.2 Å². The maximum Gasteiger partial charge on any atom is 0.244 e. The molecule has 0 unspecified atom stereocenters. The van der Waals surface area contributed by atoms with Crippen LogP contribution in [0.2, 0.25) is 0 Å². The van der Waals surface area contributed by atoms with E-state index >= 15 is 0 Å². The molecular weight excluding hydrogens is 332 g/mol. The zero-order valence-electron chi connectivity index (χ0n) is 12.8. The number of nitrogens with one attached hydrogen (secondary N) is 1. The Hall–Kier alpha value is -2.71. The highest BCUT2D eigenvalue weighted by Gasteiger charge is 2.19. The van der Waals surface area contributed by atoms with Crippen LogP contribution in [-0.2, 0) is 21.4 Å². The van der Waals surface area contributed by atoms with Crippen molar-refractivity contribution in [1.29, 1.82) is 0 Å². The molecule has 0 aliphatic rings. The minimum absolute atomic E-state index is 0.0679. The number of methoxy groups -OCH3 is 1. The number of aromatic nitrogens is 1. The number of hydrogen-bond acceptors (Lipinski definition) is 6. The number of carbonyl (C=O) groups is 1. The molecule has 0 radical (unpaired) electrons. The molecular formula is C16H15N2O5S-. The molecule has 1 aromatic carbocycles. The van der Waals surface area contributed by atoms with Crippen LogP contribution < -0.4 is 14.6 Å². The first-order chi connectivity index (χ1) is 11.4. The zero-order valence-corrected chi connectivity index (χ0v) is 13.6. The maximum absolute atomic E-state index is 12.5. The van der Waals surface area contributed by atoms with Gasteiger partial charge in [-0.25, -0.2) is 13.1 Å². The van der Waals surface area contributed by atoms with Crippen LogP contribution in [0.4, 0.5) is 0 Å². The lowest BCUT2D eigenvalue weighted by molar-refractivity contribution is -0.297. The summed E-state index contributed by atoms with van der Waals surface area (Å²) in [7, 11) is -2.51. The number of carboxylic acid groups (broad SMARTS) is 1. The van der Waals surface area contributed by atoms with Crippen molar-refractivity contribution < 1.29 is 23.1 Å². The molecule has 1 N–H and O–H groups in total. The summed E-state index contributed by atoms with van der Waals surface area (Å²) < 4.78 is 32.6. The molecule has 0 amide bonds. The number of ether oxygens (including phenoxy) is 1. The fourth-order valence-electron chi connectivity index (χ4n) is 1.93. The molecule has 0 saturated carbocycles. The van der Waals surface area contributed by atoms with Gasteiger partial charge in [0.2, 0.25) is 10.0 Å². The number of rotatable bonds is 7. The topological polar surface area (TPSA) is 108 Å². The minimum atomic E-state index is -3.86. The quantitative estimate of drug-likeness (QED) is 0.723. The van der Waals surface area contributed by atoms with Crippen LogP contribution in [0.1, 0.15) is 11.1 Å². The van der Waals surface area contributed by atoms with E-state index in [4.69, 9.17) is 4.74 Å². The lowest BCUT2D eigenvalue weighted by Gasteiger charge is -2.11. The molecule has 8 heteroatoms. The van der Waals surface area contributed by atoms with Gasteiger partial charge < -0.3 is 14.6 Å². The summed E-state index contributed by atoms with van der Waals surface area (Å²) >= 11 is 0. The van der Waals surface area contributed by atoms with Gasteiger partial charge in [-0.2, -0.15) is 0 Å². The Morgan fingerprint density at radius 2 is 2.17 bits per heavy atom. The first-order valence-electron chi connectivity index (χ1n) is 6.88. The first kappa shape index (κ1) is 17.6. The molecule has 1 heterocycles. The Balaban J connectivity index is 2.29. The van der Waals surface area contributed by atoms with Crippen LogP contribution in [0, 0.1) is 0 Å². The molecule has 0 aliphatic heterocycles. The van der Waals surface area contributed by atoms with Crippen LogP contribution in [0.15, 0.2) is 53.7 Å². The average molecular weight is 347 g/mol. The van der Waals surface area contributed by atoms with E-state index in [0.29, 0.717) is 11.1 Å². The first-order valence-corrected chi connectivity index (χ1v) is 8.36. The Bertz CT molecular complexity index is 848. The van der Waals surface area contributed by atoms with Crippen molar-refractivity contribution in [3.05, 3.63) is 59.9 Å². The lowest BCUT2D eigenvalue weighted by Crippen LogP contribution is -2.24. The normalized spacial score (nSPS) is 11.5. The molecule has 126 valence electrons. The molecule has 0 fully saturated rings. The highest BCUT2D eigenvalue weighted by atomic mass is 32.2. The summed E-state index contributed by atoms with van der Waals surface area (Å²) in [5.74, 6) is -1.22. The van der Waals surface area contributed by atoms with E-state index in [1.807, 2.05) is 0 Å². The van der Waals surface area contributed by atoms with Gasteiger partial charge in [-0.05, 0) is 35.4 Å². The third-order valence-corrected chi connectivity index (χ3v) is 4.50. The highest BCUT2D eigenvalue weighted by molar-refractivity contribution is 7.89. The van der Waals surface area contributed by atoms with E-state index in [0.717, 1.165) is 6.08 Å². The number of aliphatic carboxylic acids is 1. The number of nitrogens with zero attached hydrogens (tertiary/aromatic N) is 1. The Morgan fingerprint density at radius 3 is 2.79 bits per heavy atom. The van der Waals surface area contributed by atoms with Crippen molar-refractivity contribution in [1.82, 2.24) is 9.71 Å². The highest BCUT2D eigenvalue weighted by Crippen LogP contribution is 2.25. The molecule has 0 atom stereocenters. The summed E-state index contributed by atoms with van der Waals surface area (Å²) in [6.45, 7) is 0.0679. The van der Waals surface area contributed by atoms with Gasteiger partial charge in [-0.3, -0.25) is 4.98 Å². The number of carbonyl (C=O) groups excluding carboxylic acids is 1. The molecule has 24 heavy (non-hydrogen) atoms. The van der Waals surface area contributed by atoms with Crippen molar-refractivity contribution in [2.24, 2.45) is 0 Å². The SMILES string of the molecule is COc1ccc(C=CC(=O)[O-])cc1S(=O)(=O)NCc1cccnc1. The standard InChI is InChI=1S/C16H16N2O5S/c1-23-14-6-4-12(5-7-16(19)20)9-15(14)24(21,22)18-11-13-3-2-8-17-10-13/h2-10,18H,11H2,1H3,(H,19,20)/p-1. The summed E-state index contributed by atoms with van der Waals surface area (Å²) in [6, 6.07) is 7.76. The van der Waals surface area contributed by atoms with E-state index in [1.165, 1.54) is 25.3 Å². The van der Waals surface area contributed by atoms with Gasteiger partial charge in [0.25, 0.3) is 0 Å². The van der Waals surface area contributed by atoms with Crippen molar-refractivity contribution in [3.8, 4) is 5.75 Å². The smallest absolute Gasteiger partial charge is 0.244 e. The predicted octanol–water partition coefficient (Wildman–Crippen LogP) is 0.332. The maximum atomic E-state index is 12.5. The van der Waals surface area contributed by atoms with Gasteiger partial charge in [0.15, 0.2) is 0 Å². The van der Waals surface area contributed by atoms with Gasteiger partial charge in [0.1, 0.15) is 10.6 Å². The van der Waals surface area contributed by atoms with Crippen LogP contribution >= 0.6 is 0 Å². The second kappa shape index (κ2) is 7.71. The van der Waals surface area contributed by atoms with Gasteiger partial charge in [-0.15, -0.1) is 0 Å². The number of hydrogen-bond donors (Lipinski definition) is 1. The van der Waals surface area contributed by atoms with E-state index < -0.39 is 16.0 Å². The van der Waals surface area contributed by atoms with E-state index in [2.05, 4.69) is 9.71 Å². The Kier molecular flexibility index (Phi) is 5.67.